The Balaban J connectivity index is 0.000000236. The van der Waals surface area contributed by atoms with Gasteiger partial charge >= 0.3 is 0 Å². The SMILES string of the molecule is CCN1CCN(c2nc(-c3cc(Cl)ccn3)ns2)CC1.Fc1ccccc1F. The van der Waals surface area contributed by atoms with Crippen molar-refractivity contribution in [1.29, 1.82) is 0 Å². The minimum Gasteiger partial charge on any atom is -0.344 e. The molecule has 0 spiro atoms. The molecule has 1 aliphatic heterocycles. The molecule has 9 heteroatoms. The van der Waals surface area contributed by atoms with E-state index in [0.29, 0.717) is 10.8 Å². The molecule has 0 aliphatic carbocycles. The first kappa shape index (κ1) is 20.6. The van der Waals surface area contributed by atoms with Crippen LogP contribution in [0.5, 0.6) is 0 Å². The Morgan fingerprint density at radius 2 is 1.75 bits per heavy atom. The summed E-state index contributed by atoms with van der Waals surface area (Å²) in [6.07, 6.45) is 1.68. The molecule has 28 heavy (non-hydrogen) atoms. The van der Waals surface area contributed by atoms with Crippen LogP contribution in [0.4, 0.5) is 13.9 Å². The smallest absolute Gasteiger partial charge is 0.205 e. The van der Waals surface area contributed by atoms with E-state index in [0.717, 1.165) is 55.7 Å². The lowest BCUT2D eigenvalue weighted by atomic mass is 10.3. The molecule has 3 heterocycles. The molecule has 3 aromatic rings. The Morgan fingerprint density at radius 3 is 2.32 bits per heavy atom. The van der Waals surface area contributed by atoms with Gasteiger partial charge in [-0.25, -0.2) is 8.78 Å². The summed E-state index contributed by atoms with van der Waals surface area (Å²) in [5, 5.41) is 1.63. The van der Waals surface area contributed by atoms with Crippen molar-refractivity contribution in [3.63, 3.8) is 0 Å². The lowest BCUT2D eigenvalue weighted by molar-refractivity contribution is 0.271. The van der Waals surface area contributed by atoms with Crippen molar-refractivity contribution in [3.05, 3.63) is 59.3 Å². The van der Waals surface area contributed by atoms with E-state index < -0.39 is 11.6 Å². The quantitative estimate of drug-likeness (QED) is 0.626. The van der Waals surface area contributed by atoms with Crippen molar-refractivity contribution in [1.82, 2.24) is 19.2 Å². The standard InChI is InChI=1S/C13H16ClN5S.C6H4F2/c1-2-18-5-7-19(8-6-18)13-16-12(17-20-13)11-9-10(14)3-4-15-11;7-5-3-1-2-4-6(5)8/h3-4,9H,2,5-8H2,1H3;1-4H. The Kier molecular flexibility index (Phi) is 7.24. The highest BCUT2D eigenvalue weighted by Gasteiger charge is 2.19. The maximum Gasteiger partial charge on any atom is 0.205 e. The Morgan fingerprint density at radius 1 is 1.07 bits per heavy atom. The molecule has 0 atom stereocenters. The highest BCUT2D eigenvalue weighted by molar-refractivity contribution is 7.09. The Bertz CT molecular complexity index is 878. The fourth-order valence-electron chi connectivity index (χ4n) is 2.67. The summed E-state index contributed by atoms with van der Waals surface area (Å²) in [5.74, 6) is -0.939. The summed E-state index contributed by atoms with van der Waals surface area (Å²) >= 11 is 7.40. The summed E-state index contributed by atoms with van der Waals surface area (Å²) in [5.41, 5.74) is 0.729. The van der Waals surface area contributed by atoms with Crippen LogP contribution in [0.25, 0.3) is 11.5 Å². The number of likely N-dealkylation sites (N-methyl/N-ethyl adjacent to an activating group) is 1. The van der Waals surface area contributed by atoms with Crippen molar-refractivity contribution in [2.24, 2.45) is 0 Å². The molecule has 4 rings (SSSR count). The molecule has 148 valence electrons. The van der Waals surface area contributed by atoms with Gasteiger partial charge in [-0.1, -0.05) is 30.7 Å². The van der Waals surface area contributed by atoms with Gasteiger partial charge in [0, 0.05) is 48.9 Å². The van der Waals surface area contributed by atoms with E-state index in [-0.39, 0.29) is 0 Å². The van der Waals surface area contributed by atoms with E-state index in [1.54, 1.807) is 18.3 Å². The van der Waals surface area contributed by atoms with E-state index in [1.165, 1.54) is 23.7 Å². The number of halogens is 3. The number of benzene rings is 1. The number of hydrogen-bond acceptors (Lipinski definition) is 6. The zero-order valence-corrected chi connectivity index (χ0v) is 16.9. The molecule has 0 bridgehead atoms. The molecular formula is C19H20ClF2N5S. The summed E-state index contributed by atoms with van der Waals surface area (Å²) in [7, 11) is 0. The molecule has 5 nitrogen and oxygen atoms in total. The number of piperazine rings is 1. The molecule has 1 saturated heterocycles. The van der Waals surface area contributed by atoms with Crippen LogP contribution in [0.15, 0.2) is 42.6 Å². The van der Waals surface area contributed by atoms with Gasteiger partial charge in [0.2, 0.25) is 5.13 Å². The van der Waals surface area contributed by atoms with Crippen molar-refractivity contribution in [3.8, 4) is 11.5 Å². The minimum atomic E-state index is -0.799. The van der Waals surface area contributed by atoms with Crippen LogP contribution < -0.4 is 4.90 Å². The average Bonchev–Trinajstić information content (AvgIpc) is 3.21. The Labute approximate surface area is 171 Å². The largest absolute Gasteiger partial charge is 0.344 e. The minimum absolute atomic E-state index is 0.655. The predicted molar refractivity (Wildman–Crippen MR) is 109 cm³/mol. The average molecular weight is 424 g/mol. The number of pyridine rings is 1. The summed E-state index contributed by atoms with van der Waals surface area (Å²) in [6, 6.07) is 8.59. The second kappa shape index (κ2) is 9.86. The third kappa shape index (κ3) is 5.43. The van der Waals surface area contributed by atoms with Crippen molar-refractivity contribution in [2.75, 3.05) is 37.6 Å². The summed E-state index contributed by atoms with van der Waals surface area (Å²) in [4.78, 5) is 13.6. The number of nitrogens with zero attached hydrogens (tertiary/aromatic N) is 5. The van der Waals surface area contributed by atoms with Gasteiger partial charge in [-0.2, -0.15) is 9.36 Å². The Hall–Kier alpha value is -2.16. The van der Waals surface area contributed by atoms with Gasteiger partial charge in [-0.05, 0) is 30.8 Å². The fourth-order valence-corrected chi connectivity index (χ4v) is 3.56. The van der Waals surface area contributed by atoms with Gasteiger partial charge in [-0.3, -0.25) is 4.98 Å². The molecular weight excluding hydrogens is 404 g/mol. The van der Waals surface area contributed by atoms with Gasteiger partial charge in [0.1, 0.15) is 5.69 Å². The van der Waals surface area contributed by atoms with Crippen molar-refractivity contribution in [2.45, 2.75) is 6.92 Å². The van der Waals surface area contributed by atoms with Gasteiger partial charge < -0.3 is 9.80 Å². The van der Waals surface area contributed by atoms with Gasteiger partial charge in [0.05, 0.1) is 0 Å². The highest BCUT2D eigenvalue weighted by Crippen LogP contribution is 2.24. The predicted octanol–water partition coefficient (Wildman–Crippen LogP) is 4.36. The van der Waals surface area contributed by atoms with Crippen molar-refractivity contribution < 1.29 is 8.78 Å². The second-order valence-corrected chi connectivity index (χ2v) is 7.26. The fraction of sp³-hybridized carbons (Fsp3) is 0.316. The first-order valence-electron chi connectivity index (χ1n) is 8.89. The molecule has 0 N–H and O–H groups in total. The molecule has 0 amide bonds. The van der Waals surface area contributed by atoms with Gasteiger partial charge in [-0.15, -0.1) is 0 Å². The molecule has 2 aromatic heterocycles. The monoisotopic (exact) mass is 423 g/mol. The normalized spacial score (nSPS) is 14.5. The van der Waals surface area contributed by atoms with E-state index in [9.17, 15) is 8.78 Å². The molecule has 0 unspecified atom stereocenters. The third-order valence-corrected chi connectivity index (χ3v) is 5.29. The van der Waals surface area contributed by atoms with Crippen LogP contribution in [0.2, 0.25) is 5.02 Å². The topological polar surface area (TPSA) is 45.2 Å². The third-order valence-electron chi connectivity index (χ3n) is 4.28. The lowest BCUT2D eigenvalue weighted by Crippen LogP contribution is -2.46. The molecule has 1 fully saturated rings. The highest BCUT2D eigenvalue weighted by atomic mass is 35.5. The van der Waals surface area contributed by atoms with Gasteiger partial charge in [0.15, 0.2) is 17.5 Å². The number of aromatic nitrogens is 3. The first-order valence-corrected chi connectivity index (χ1v) is 10.0. The van der Waals surface area contributed by atoms with Crippen LogP contribution in [0, 0.1) is 11.6 Å². The summed E-state index contributed by atoms with van der Waals surface area (Å²) < 4.78 is 28.3. The van der Waals surface area contributed by atoms with E-state index in [4.69, 9.17) is 11.6 Å². The van der Waals surface area contributed by atoms with Crippen LogP contribution in [0.3, 0.4) is 0 Å². The first-order chi connectivity index (χ1) is 13.6. The van der Waals surface area contributed by atoms with E-state index >= 15 is 0 Å². The van der Waals surface area contributed by atoms with Crippen LogP contribution in [-0.4, -0.2) is 52.0 Å². The zero-order chi connectivity index (χ0) is 19.9. The maximum absolute atomic E-state index is 11.9. The maximum atomic E-state index is 11.9. The lowest BCUT2D eigenvalue weighted by Gasteiger charge is -2.33. The van der Waals surface area contributed by atoms with Crippen LogP contribution >= 0.6 is 23.1 Å². The zero-order valence-electron chi connectivity index (χ0n) is 15.4. The molecule has 0 saturated carbocycles. The molecule has 0 radical (unpaired) electrons. The molecule has 1 aliphatic rings. The number of rotatable bonds is 3. The molecule has 1 aromatic carbocycles. The van der Waals surface area contributed by atoms with Crippen LogP contribution in [-0.2, 0) is 0 Å². The van der Waals surface area contributed by atoms with E-state index in [1.807, 2.05) is 0 Å². The van der Waals surface area contributed by atoms with Crippen LogP contribution in [0.1, 0.15) is 6.92 Å². The summed E-state index contributed by atoms with van der Waals surface area (Å²) in [6.45, 7) is 7.49. The van der Waals surface area contributed by atoms with Crippen molar-refractivity contribution >= 4 is 28.3 Å². The number of hydrogen-bond donors (Lipinski definition) is 0. The van der Waals surface area contributed by atoms with Gasteiger partial charge in [0.25, 0.3) is 0 Å². The van der Waals surface area contributed by atoms with E-state index in [2.05, 4.69) is 31.1 Å². The number of anilines is 1. The second-order valence-electron chi connectivity index (χ2n) is 6.10.